The third-order valence-electron chi connectivity index (χ3n) is 3.27. The van der Waals surface area contributed by atoms with E-state index in [9.17, 15) is 0 Å². The third kappa shape index (κ3) is 11.1. The molecule has 0 saturated heterocycles. The van der Waals surface area contributed by atoms with Gasteiger partial charge in [-0.15, -0.1) is 24.0 Å². The van der Waals surface area contributed by atoms with Gasteiger partial charge in [0.05, 0.1) is 26.4 Å². The second kappa shape index (κ2) is 16.4. The topological polar surface area (TPSA) is 64.1 Å². The molecule has 1 aromatic rings. The first-order valence-electron chi connectivity index (χ1n) is 8.71. The van der Waals surface area contributed by atoms with Gasteiger partial charge in [0.25, 0.3) is 0 Å². The molecule has 2 N–H and O–H groups in total. The van der Waals surface area contributed by atoms with E-state index in [1.54, 1.807) is 7.11 Å². The van der Waals surface area contributed by atoms with Crippen LogP contribution < -0.4 is 15.4 Å². The highest BCUT2D eigenvalue weighted by Crippen LogP contribution is 2.24. The van der Waals surface area contributed by atoms with Crippen LogP contribution in [0.5, 0.6) is 5.75 Å². The lowest BCUT2D eigenvalue weighted by molar-refractivity contribution is 0.0698. The molecule has 26 heavy (non-hydrogen) atoms. The molecule has 0 aromatic heterocycles. The highest BCUT2D eigenvalue weighted by atomic mass is 127. The summed E-state index contributed by atoms with van der Waals surface area (Å²) in [6.45, 7) is 8.65. The van der Waals surface area contributed by atoms with Crippen molar-refractivity contribution in [1.29, 1.82) is 0 Å². The van der Waals surface area contributed by atoms with Gasteiger partial charge < -0.3 is 24.8 Å². The Morgan fingerprint density at radius 2 is 1.96 bits per heavy atom. The number of halogens is 2. The molecule has 0 heterocycles. The van der Waals surface area contributed by atoms with Crippen LogP contribution in [0, 0.1) is 0 Å². The molecule has 0 atom stereocenters. The van der Waals surface area contributed by atoms with Gasteiger partial charge in [-0.2, -0.15) is 0 Å². The quantitative estimate of drug-likeness (QED) is 0.200. The van der Waals surface area contributed by atoms with E-state index in [-0.39, 0.29) is 24.0 Å². The summed E-state index contributed by atoms with van der Waals surface area (Å²) in [7, 11) is 1.67. The van der Waals surface area contributed by atoms with Crippen molar-refractivity contribution in [1.82, 2.24) is 10.6 Å². The van der Waals surface area contributed by atoms with Crippen molar-refractivity contribution in [2.24, 2.45) is 4.99 Å². The fourth-order valence-corrected chi connectivity index (χ4v) is 2.24. The Morgan fingerprint density at radius 1 is 1.15 bits per heavy atom. The standard InChI is InChI=1S/C18H30ClN3O3.HI/c1-4-20-18(21-9-6-10-24-12-11-23-3)22-14-15-7-8-16(19)13-17(15)25-5-2;/h7-8,13H,4-6,9-12,14H2,1-3H3,(H2,20,21,22);1H. The van der Waals surface area contributed by atoms with Gasteiger partial charge >= 0.3 is 0 Å². The van der Waals surface area contributed by atoms with Crippen molar-refractivity contribution in [2.75, 3.05) is 46.6 Å². The van der Waals surface area contributed by atoms with Gasteiger partial charge in [-0.3, -0.25) is 0 Å². The lowest BCUT2D eigenvalue weighted by Crippen LogP contribution is -2.38. The SMILES string of the molecule is CCNC(=NCc1ccc(Cl)cc1OCC)NCCCOCCOC.I. The molecule has 1 aromatic carbocycles. The molecule has 0 radical (unpaired) electrons. The number of hydrogen-bond donors (Lipinski definition) is 2. The average molecular weight is 500 g/mol. The molecule has 150 valence electrons. The van der Waals surface area contributed by atoms with E-state index in [0.717, 1.165) is 36.8 Å². The first kappa shape index (κ1) is 25.2. The lowest BCUT2D eigenvalue weighted by atomic mass is 10.2. The molecule has 0 bridgehead atoms. The maximum atomic E-state index is 6.03. The van der Waals surface area contributed by atoms with E-state index in [4.69, 9.17) is 25.8 Å². The maximum Gasteiger partial charge on any atom is 0.191 e. The van der Waals surface area contributed by atoms with Crippen LogP contribution in [0.2, 0.25) is 5.02 Å². The van der Waals surface area contributed by atoms with Crippen molar-refractivity contribution >= 4 is 41.5 Å². The molecule has 0 unspecified atom stereocenters. The number of aliphatic imine (C=N–C) groups is 1. The molecule has 0 aliphatic heterocycles. The summed E-state index contributed by atoms with van der Waals surface area (Å²) < 4.78 is 16.0. The van der Waals surface area contributed by atoms with Crippen LogP contribution in [0.1, 0.15) is 25.8 Å². The number of methoxy groups -OCH3 is 1. The van der Waals surface area contributed by atoms with E-state index in [0.29, 0.717) is 38.0 Å². The molecule has 0 fully saturated rings. The van der Waals surface area contributed by atoms with Crippen molar-refractivity contribution in [3.05, 3.63) is 28.8 Å². The number of hydrogen-bond acceptors (Lipinski definition) is 4. The van der Waals surface area contributed by atoms with Gasteiger partial charge in [0.1, 0.15) is 5.75 Å². The van der Waals surface area contributed by atoms with Gasteiger partial charge in [0.15, 0.2) is 5.96 Å². The molecular weight excluding hydrogens is 469 g/mol. The summed E-state index contributed by atoms with van der Waals surface area (Å²) in [5, 5.41) is 7.21. The maximum absolute atomic E-state index is 6.03. The first-order valence-corrected chi connectivity index (χ1v) is 9.09. The smallest absolute Gasteiger partial charge is 0.191 e. The van der Waals surface area contributed by atoms with Crippen LogP contribution in [0.15, 0.2) is 23.2 Å². The second-order valence-electron chi connectivity index (χ2n) is 5.27. The Labute approximate surface area is 179 Å². The summed E-state index contributed by atoms with van der Waals surface area (Å²) in [5.74, 6) is 1.55. The minimum absolute atomic E-state index is 0. The lowest BCUT2D eigenvalue weighted by Gasteiger charge is -2.13. The largest absolute Gasteiger partial charge is 0.493 e. The first-order chi connectivity index (χ1) is 12.2. The number of guanidine groups is 1. The van der Waals surface area contributed by atoms with E-state index in [2.05, 4.69) is 15.6 Å². The number of benzene rings is 1. The Balaban J connectivity index is 0.00000625. The zero-order chi connectivity index (χ0) is 18.3. The van der Waals surface area contributed by atoms with Crippen molar-refractivity contribution < 1.29 is 14.2 Å². The van der Waals surface area contributed by atoms with E-state index in [1.165, 1.54) is 0 Å². The highest BCUT2D eigenvalue weighted by molar-refractivity contribution is 14.0. The average Bonchev–Trinajstić information content (AvgIpc) is 2.60. The van der Waals surface area contributed by atoms with Crippen molar-refractivity contribution in [3.63, 3.8) is 0 Å². The Morgan fingerprint density at radius 3 is 2.65 bits per heavy atom. The molecule has 0 amide bonds. The highest BCUT2D eigenvalue weighted by Gasteiger charge is 2.05. The summed E-state index contributed by atoms with van der Waals surface area (Å²) >= 11 is 6.03. The third-order valence-corrected chi connectivity index (χ3v) is 3.51. The molecule has 0 saturated carbocycles. The van der Waals surface area contributed by atoms with Crippen LogP contribution >= 0.6 is 35.6 Å². The van der Waals surface area contributed by atoms with Gasteiger partial charge in [-0.05, 0) is 32.4 Å². The predicted octanol–water partition coefficient (Wildman–Crippen LogP) is 3.46. The fourth-order valence-electron chi connectivity index (χ4n) is 2.08. The minimum Gasteiger partial charge on any atom is -0.493 e. The summed E-state index contributed by atoms with van der Waals surface area (Å²) in [5.41, 5.74) is 1.01. The van der Waals surface area contributed by atoms with Crippen LogP contribution in [-0.2, 0) is 16.0 Å². The Kier molecular flexibility index (Phi) is 15.9. The van der Waals surface area contributed by atoms with Gasteiger partial charge in [0, 0.05) is 37.4 Å². The molecule has 0 aliphatic carbocycles. The predicted molar refractivity (Wildman–Crippen MR) is 118 cm³/mol. The summed E-state index contributed by atoms with van der Waals surface area (Å²) in [4.78, 5) is 4.61. The minimum atomic E-state index is 0. The fraction of sp³-hybridized carbons (Fsp3) is 0.611. The number of nitrogens with zero attached hydrogens (tertiary/aromatic N) is 1. The van der Waals surface area contributed by atoms with Crippen molar-refractivity contribution in [2.45, 2.75) is 26.8 Å². The van der Waals surface area contributed by atoms with Gasteiger partial charge in [-0.25, -0.2) is 4.99 Å². The summed E-state index contributed by atoms with van der Waals surface area (Å²) in [6.07, 6.45) is 0.902. The zero-order valence-electron chi connectivity index (χ0n) is 15.8. The van der Waals surface area contributed by atoms with Gasteiger partial charge in [-0.1, -0.05) is 17.7 Å². The number of nitrogens with one attached hydrogen (secondary N) is 2. The molecule has 6 nitrogen and oxygen atoms in total. The van der Waals surface area contributed by atoms with Crippen LogP contribution in [0.4, 0.5) is 0 Å². The van der Waals surface area contributed by atoms with Crippen LogP contribution in [-0.4, -0.2) is 52.6 Å². The van der Waals surface area contributed by atoms with E-state index in [1.807, 2.05) is 32.0 Å². The van der Waals surface area contributed by atoms with Crippen LogP contribution in [0.3, 0.4) is 0 Å². The van der Waals surface area contributed by atoms with E-state index >= 15 is 0 Å². The number of ether oxygens (including phenoxy) is 3. The second-order valence-corrected chi connectivity index (χ2v) is 5.70. The summed E-state index contributed by atoms with van der Waals surface area (Å²) in [6, 6.07) is 5.63. The van der Waals surface area contributed by atoms with E-state index < -0.39 is 0 Å². The normalized spacial score (nSPS) is 11.0. The monoisotopic (exact) mass is 499 g/mol. The Hall–Kier alpha value is -0.770. The van der Waals surface area contributed by atoms with Crippen molar-refractivity contribution in [3.8, 4) is 5.75 Å². The molecule has 1 rings (SSSR count). The molecule has 0 aliphatic rings. The van der Waals surface area contributed by atoms with Crippen LogP contribution in [0.25, 0.3) is 0 Å². The Bertz CT molecular complexity index is 518. The van der Waals surface area contributed by atoms with Gasteiger partial charge in [0.2, 0.25) is 0 Å². The molecule has 8 heteroatoms. The zero-order valence-corrected chi connectivity index (χ0v) is 18.9. The number of rotatable bonds is 12. The molecule has 0 spiro atoms. The molecular formula is C18H31ClIN3O3.